The third-order valence-electron chi connectivity index (χ3n) is 4.45. The van der Waals surface area contributed by atoms with Crippen LogP contribution in [0.1, 0.15) is 12.5 Å². The minimum Gasteiger partial charge on any atom is -0.352 e. The third kappa shape index (κ3) is 4.52. The minimum atomic E-state index is -4.51. The van der Waals surface area contributed by atoms with Crippen LogP contribution in [0.15, 0.2) is 41.0 Å². The first-order valence-corrected chi connectivity index (χ1v) is 9.63. The minimum absolute atomic E-state index is 0.0766. The van der Waals surface area contributed by atoms with Gasteiger partial charge in [0.05, 0.1) is 10.6 Å². The maximum Gasteiger partial charge on any atom is 0.417 e. The zero-order valence-corrected chi connectivity index (χ0v) is 17.1. The number of halogens is 5. The highest BCUT2D eigenvalue weighted by molar-refractivity contribution is 9.10. The van der Waals surface area contributed by atoms with Crippen LogP contribution in [0.3, 0.4) is 0 Å². The lowest BCUT2D eigenvalue weighted by Gasteiger charge is -2.40. The van der Waals surface area contributed by atoms with Gasteiger partial charge in [-0.2, -0.15) is 13.2 Å². The number of benzene rings is 1. The molecule has 0 spiro atoms. The topological polar surface area (TPSA) is 48.5 Å². The number of hydrogen-bond donors (Lipinski definition) is 1. The summed E-state index contributed by atoms with van der Waals surface area (Å²) in [5.41, 5.74) is -0.754. The highest BCUT2D eigenvalue weighted by atomic mass is 79.9. The number of anilines is 2. The molecular weight excluding hydrogens is 461 g/mol. The van der Waals surface area contributed by atoms with Crippen molar-refractivity contribution in [2.45, 2.75) is 19.1 Å². The van der Waals surface area contributed by atoms with Gasteiger partial charge in [0.25, 0.3) is 0 Å². The second-order valence-electron chi connectivity index (χ2n) is 6.42. The Balaban J connectivity index is 1.69. The maximum atomic E-state index is 13.0. The molecule has 0 saturated carbocycles. The zero-order valence-electron chi connectivity index (χ0n) is 14.8. The van der Waals surface area contributed by atoms with Gasteiger partial charge in [0.15, 0.2) is 0 Å². The van der Waals surface area contributed by atoms with Crippen molar-refractivity contribution >= 4 is 45.1 Å². The molecular formula is C18H17BrClF3N4O. The Morgan fingerprint density at radius 1 is 1.32 bits per heavy atom. The van der Waals surface area contributed by atoms with E-state index < -0.39 is 17.8 Å². The SMILES string of the molecule is CC1CN(c2ncccc2Cl)CCN1C(=O)Nc1ccc(Br)c(C(F)(F)F)c1. The average Bonchev–Trinajstić information content (AvgIpc) is 2.62. The largest absolute Gasteiger partial charge is 0.417 e. The highest BCUT2D eigenvalue weighted by Gasteiger charge is 2.34. The lowest BCUT2D eigenvalue weighted by atomic mass is 10.2. The summed E-state index contributed by atoms with van der Waals surface area (Å²) in [5.74, 6) is 0.652. The van der Waals surface area contributed by atoms with E-state index in [1.807, 2.05) is 11.8 Å². The first kappa shape index (κ1) is 20.7. The fourth-order valence-electron chi connectivity index (χ4n) is 3.08. The molecule has 2 aromatic rings. The van der Waals surface area contributed by atoms with E-state index >= 15 is 0 Å². The van der Waals surface area contributed by atoms with Crippen LogP contribution in [0.4, 0.5) is 29.5 Å². The van der Waals surface area contributed by atoms with Gasteiger partial charge < -0.3 is 15.1 Å². The van der Waals surface area contributed by atoms with Crippen LogP contribution in [-0.2, 0) is 6.18 Å². The molecule has 1 fully saturated rings. The number of nitrogens with zero attached hydrogens (tertiary/aromatic N) is 3. The van der Waals surface area contributed by atoms with Gasteiger partial charge in [-0.1, -0.05) is 27.5 Å². The molecule has 1 aliphatic rings. The quantitative estimate of drug-likeness (QED) is 0.642. The predicted octanol–water partition coefficient (Wildman–Crippen LogP) is 5.26. The van der Waals surface area contributed by atoms with Crippen molar-refractivity contribution in [3.63, 3.8) is 0 Å². The van der Waals surface area contributed by atoms with Crippen molar-refractivity contribution in [2.75, 3.05) is 29.9 Å². The van der Waals surface area contributed by atoms with Gasteiger partial charge in [-0.15, -0.1) is 0 Å². The fraction of sp³-hybridized carbons (Fsp3) is 0.333. The Bertz CT molecular complexity index is 880. The van der Waals surface area contributed by atoms with Crippen LogP contribution in [0, 0.1) is 0 Å². The number of aromatic nitrogens is 1. The number of hydrogen-bond acceptors (Lipinski definition) is 3. The molecule has 10 heteroatoms. The first-order chi connectivity index (χ1) is 13.2. The summed E-state index contributed by atoms with van der Waals surface area (Å²) in [4.78, 5) is 20.4. The van der Waals surface area contributed by atoms with Crippen LogP contribution in [0.2, 0.25) is 5.02 Å². The summed E-state index contributed by atoms with van der Waals surface area (Å²) in [6.07, 6.45) is -2.86. The Hall–Kier alpha value is -2.00. The van der Waals surface area contributed by atoms with Gasteiger partial charge in [0, 0.05) is 42.0 Å². The number of urea groups is 1. The lowest BCUT2D eigenvalue weighted by Crippen LogP contribution is -2.55. The molecule has 0 aliphatic carbocycles. The second-order valence-corrected chi connectivity index (χ2v) is 7.68. The second kappa shape index (κ2) is 8.16. The van der Waals surface area contributed by atoms with E-state index in [9.17, 15) is 18.0 Å². The van der Waals surface area contributed by atoms with Crippen LogP contribution in [-0.4, -0.2) is 41.6 Å². The van der Waals surface area contributed by atoms with E-state index in [0.29, 0.717) is 30.5 Å². The van der Waals surface area contributed by atoms with Gasteiger partial charge in [0.2, 0.25) is 0 Å². The number of carbonyl (C=O) groups excluding carboxylic acids is 1. The standard InChI is InChI=1S/C18H17BrClF3N4O/c1-11-10-26(16-15(20)3-2-6-24-16)7-8-27(11)17(28)25-12-4-5-14(19)13(9-12)18(21,22)23/h2-6,9,11H,7-8,10H2,1H3,(H,25,28). The summed E-state index contributed by atoms with van der Waals surface area (Å²) in [6.45, 7) is 3.29. The number of pyridine rings is 1. The molecule has 150 valence electrons. The fourth-order valence-corrected chi connectivity index (χ4v) is 3.79. The third-order valence-corrected chi connectivity index (χ3v) is 5.44. The van der Waals surface area contributed by atoms with Crippen molar-refractivity contribution in [3.8, 4) is 0 Å². The molecule has 1 saturated heterocycles. The van der Waals surface area contributed by atoms with E-state index in [0.717, 1.165) is 6.07 Å². The van der Waals surface area contributed by atoms with Crippen molar-refractivity contribution in [1.29, 1.82) is 0 Å². The molecule has 0 bridgehead atoms. The molecule has 2 heterocycles. The van der Waals surface area contributed by atoms with Crippen LogP contribution < -0.4 is 10.2 Å². The number of carbonyl (C=O) groups is 1. The molecule has 1 atom stereocenters. The average molecular weight is 478 g/mol. The summed E-state index contributed by atoms with van der Waals surface area (Å²) < 4.78 is 39.1. The van der Waals surface area contributed by atoms with E-state index in [1.54, 1.807) is 23.2 Å². The van der Waals surface area contributed by atoms with Crippen molar-refractivity contribution in [2.24, 2.45) is 0 Å². The predicted molar refractivity (Wildman–Crippen MR) is 106 cm³/mol. The summed E-state index contributed by atoms with van der Waals surface area (Å²) in [7, 11) is 0. The number of piperazine rings is 1. The lowest BCUT2D eigenvalue weighted by molar-refractivity contribution is -0.138. The van der Waals surface area contributed by atoms with Gasteiger partial charge in [-0.3, -0.25) is 0 Å². The molecule has 1 N–H and O–H groups in total. The monoisotopic (exact) mass is 476 g/mol. The molecule has 1 unspecified atom stereocenters. The molecule has 28 heavy (non-hydrogen) atoms. The van der Waals surface area contributed by atoms with Gasteiger partial charge in [0.1, 0.15) is 5.82 Å². The van der Waals surface area contributed by atoms with Gasteiger partial charge in [-0.25, -0.2) is 9.78 Å². The first-order valence-electron chi connectivity index (χ1n) is 8.46. The number of nitrogens with one attached hydrogen (secondary N) is 1. The number of rotatable bonds is 2. The molecule has 3 rings (SSSR count). The zero-order chi connectivity index (χ0) is 20.5. The smallest absolute Gasteiger partial charge is 0.352 e. The summed E-state index contributed by atoms with van der Waals surface area (Å²) >= 11 is 9.07. The Kier molecular flexibility index (Phi) is 6.04. The van der Waals surface area contributed by atoms with Crippen molar-refractivity contribution < 1.29 is 18.0 Å². The molecule has 5 nitrogen and oxygen atoms in total. The maximum absolute atomic E-state index is 13.0. The summed E-state index contributed by atoms with van der Waals surface area (Å²) in [6, 6.07) is 6.47. The van der Waals surface area contributed by atoms with E-state index in [1.165, 1.54) is 12.1 Å². The van der Waals surface area contributed by atoms with Gasteiger partial charge in [-0.05, 0) is 37.3 Å². The van der Waals surface area contributed by atoms with Crippen LogP contribution >= 0.6 is 27.5 Å². The number of alkyl halides is 3. The summed E-state index contributed by atoms with van der Waals surface area (Å²) in [5, 5.41) is 3.08. The highest BCUT2D eigenvalue weighted by Crippen LogP contribution is 2.36. The molecule has 1 aliphatic heterocycles. The Morgan fingerprint density at radius 2 is 2.07 bits per heavy atom. The molecule has 1 aromatic heterocycles. The van der Waals surface area contributed by atoms with Crippen LogP contribution in [0.25, 0.3) is 0 Å². The number of amides is 2. The Morgan fingerprint density at radius 3 is 2.71 bits per heavy atom. The Labute approximate surface area is 173 Å². The van der Waals surface area contributed by atoms with Crippen molar-refractivity contribution in [1.82, 2.24) is 9.88 Å². The van der Waals surface area contributed by atoms with Crippen LogP contribution in [0.5, 0.6) is 0 Å². The normalized spacial score (nSPS) is 17.6. The molecule has 1 aromatic carbocycles. The molecule has 2 amide bonds. The van der Waals surface area contributed by atoms with Gasteiger partial charge >= 0.3 is 12.2 Å². The van der Waals surface area contributed by atoms with E-state index in [4.69, 9.17) is 11.6 Å². The van der Waals surface area contributed by atoms with E-state index in [2.05, 4.69) is 26.2 Å². The van der Waals surface area contributed by atoms with E-state index in [-0.39, 0.29) is 16.2 Å². The molecule has 0 radical (unpaired) electrons. The van der Waals surface area contributed by atoms with Crippen molar-refractivity contribution in [3.05, 3.63) is 51.6 Å².